The average Bonchev–Trinajstić information content (AvgIpc) is 3.13. The second kappa shape index (κ2) is 7.38. The Morgan fingerprint density at radius 2 is 1.88 bits per heavy atom. The Kier molecular flexibility index (Phi) is 5.62. The maximum absolute atomic E-state index is 12.7. The number of rotatable bonds is 6. The standard InChI is InChI=1S/C16H22F3N5O2/c1-9(2)11(4)26-15-12(8-23(5)22-15)20-14(25)10(3)24-7-6-13(21-24)16(17,18)19/h6-11H,1-5H3,(H,20,25). The predicted molar refractivity (Wildman–Crippen MR) is 88.7 cm³/mol. The summed E-state index contributed by atoms with van der Waals surface area (Å²) in [6.45, 7) is 7.32. The zero-order chi connectivity index (χ0) is 19.6. The number of nitrogens with one attached hydrogen (secondary N) is 1. The summed E-state index contributed by atoms with van der Waals surface area (Å²) in [5.41, 5.74) is -0.701. The van der Waals surface area contributed by atoms with Crippen LogP contribution < -0.4 is 10.1 Å². The maximum atomic E-state index is 12.7. The van der Waals surface area contributed by atoms with Crippen LogP contribution in [-0.4, -0.2) is 31.6 Å². The topological polar surface area (TPSA) is 74.0 Å². The molecule has 1 N–H and O–H groups in total. The Bertz CT molecular complexity index is 766. The number of hydrogen-bond acceptors (Lipinski definition) is 4. The van der Waals surface area contributed by atoms with Gasteiger partial charge in [0.1, 0.15) is 17.8 Å². The molecule has 2 aromatic rings. The number of carbonyl (C=O) groups excluding carboxylic acids is 1. The lowest BCUT2D eigenvalue weighted by molar-refractivity contribution is -0.141. The first-order chi connectivity index (χ1) is 12.0. The third-order valence-electron chi connectivity index (χ3n) is 3.96. The number of amides is 1. The van der Waals surface area contributed by atoms with Crippen molar-refractivity contribution in [3.8, 4) is 5.88 Å². The van der Waals surface area contributed by atoms with Gasteiger partial charge in [-0.25, -0.2) is 0 Å². The fourth-order valence-corrected chi connectivity index (χ4v) is 2.02. The van der Waals surface area contributed by atoms with Gasteiger partial charge in [-0.05, 0) is 25.8 Å². The molecule has 0 aliphatic carbocycles. The van der Waals surface area contributed by atoms with E-state index in [-0.39, 0.29) is 17.9 Å². The highest BCUT2D eigenvalue weighted by atomic mass is 19.4. The van der Waals surface area contributed by atoms with Crippen LogP contribution in [-0.2, 0) is 18.0 Å². The van der Waals surface area contributed by atoms with Crippen molar-refractivity contribution in [3.63, 3.8) is 0 Å². The van der Waals surface area contributed by atoms with Crippen molar-refractivity contribution < 1.29 is 22.7 Å². The van der Waals surface area contributed by atoms with E-state index >= 15 is 0 Å². The summed E-state index contributed by atoms with van der Waals surface area (Å²) in [7, 11) is 1.68. The predicted octanol–water partition coefficient (Wildman–Crippen LogP) is 3.26. The van der Waals surface area contributed by atoms with Crippen LogP contribution in [0.2, 0.25) is 0 Å². The highest BCUT2D eigenvalue weighted by Gasteiger charge is 2.34. The van der Waals surface area contributed by atoms with Crippen molar-refractivity contribution >= 4 is 11.6 Å². The average molecular weight is 373 g/mol. The van der Waals surface area contributed by atoms with Crippen molar-refractivity contribution in [1.29, 1.82) is 0 Å². The Morgan fingerprint density at radius 1 is 1.23 bits per heavy atom. The Morgan fingerprint density at radius 3 is 2.42 bits per heavy atom. The monoisotopic (exact) mass is 373 g/mol. The van der Waals surface area contributed by atoms with Gasteiger partial charge >= 0.3 is 6.18 Å². The van der Waals surface area contributed by atoms with Crippen molar-refractivity contribution in [2.45, 2.75) is 46.0 Å². The Labute approximate surface area is 149 Å². The van der Waals surface area contributed by atoms with E-state index in [1.807, 2.05) is 20.8 Å². The number of halogens is 3. The molecule has 10 heteroatoms. The smallest absolute Gasteiger partial charge is 0.435 e. The first-order valence-electron chi connectivity index (χ1n) is 8.12. The summed E-state index contributed by atoms with van der Waals surface area (Å²) in [4.78, 5) is 12.4. The van der Waals surface area contributed by atoms with Crippen molar-refractivity contribution in [1.82, 2.24) is 19.6 Å². The molecular weight excluding hydrogens is 351 g/mol. The lowest BCUT2D eigenvalue weighted by Crippen LogP contribution is -2.25. The quantitative estimate of drug-likeness (QED) is 0.844. The lowest BCUT2D eigenvalue weighted by atomic mass is 10.1. The number of carbonyl (C=O) groups is 1. The third kappa shape index (κ3) is 4.55. The van der Waals surface area contributed by atoms with E-state index in [4.69, 9.17) is 4.74 Å². The minimum absolute atomic E-state index is 0.126. The van der Waals surface area contributed by atoms with Crippen LogP contribution in [0.25, 0.3) is 0 Å². The summed E-state index contributed by atoms with van der Waals surface area (Å²) in [6.07, 6.45) is -2.00. The van der Waals surface area contributed by atoms with E-state index in [9.17, 15) is 18.0 Å². The molecule has 0 radical (unpaired) electrons. The summed E-state index contributed by atoms with van der Waals surface area (Å²) in [5, 5.41) is 10.2. The van der Waals surface area contributed by atoms with Gasteiger partial charge < -0.3 is 10.1 Å². The minimum Gasteiger partial charge on any atom is -0.472 e. The third-order valence-corrected chi connectivity index (χ3v) is 3.96. The second-order valence-electron chi connectivity index (χ2n) is 6.43. The van der Waals surface area contributed by atoms with Gasteiger partial charge in [-0.2, -0.15) is 18.3 Å². The lowest BCUT2D eigenvalue weighted by Gasteiger charge is -2.18. The molecule has 0 aliphatic heterocycles. The van der Waals surface area contributed by atoms with E-state index < -0.39 is 23.8 Å². The summed E-state index contributed by atoms with van der Waals surface area (Å²) in [5.74, 6) is -0.0353. The van der Waals surface area contributed by atoms with Gasteiger partial charge in [0.15, 0.2) is 5.69 Å². The Balaban J connectivity index is 2.13. The number of aromatic nitrogens is 4. The number of alkyl halides is 3. The van der Waals surface area contributed by atoms with E-state index in [1.165, 1.54) is 11.6 Å². The Hall–Kier alpha value is -2.52. The normalized spacial score (nSPS) is 14.3. The van der Waals surface area contributed by atoms with Gasteiger partial charge in [-0.1, -0.05) is 13.8 Å². The summed E-state index contributed by atoms with van der Waals surface area (Å²) < 4.78 is 46.1. The van der Waals surface area contributed by atoms with Crippen molar-refractivity contribution in [3.05, 3.63) is 24.2 Å². The number of aryl methyl sites for hydroxylation is 1. The van der Waals surface area contributed by atoms with Crippen molar-refractivity contribution in [2.24, 2.45) is 13.0 Å². The molecule has 144 valence electrons. The maximum Gasteiger partial charge on any atom is 0.435 e. The molecule has 0 fully saturated rings. The number of hydrogen-bond donors (Lipinski definition) is 1. The molecule has 0 aromatic carbocycles. The van der Waals surface area contributed by atoms with Crippen LogP contribution >= 0.6 is 0 Å². The van der Waals surface area contributed by atoms with E-state index in [1.54, 1.807) is 13.2 Å². The highest BCUT2D eigenvalue weighted by molar-refractivity contribution is 5.94. The van der Waals surface area contributed by atoms with Gasteiger partial charge in [0.05, 0.1) is 6.20 Å². The van der Waals surface area contributed by atoms with Crippen LogP contribution in [0.1, 0.15) is 39.4 Å². The molecule has 2 rings (SSSR count). The van der Waals surface area contributed by atoms with Gasteiger partial charge in [-0.3, -0.25) is 14.2 Å². The van der Waals surface area contributed by atoms with E-state index in [0.717, 1.165) is 16.9 Å². The first kappa shape index (κ1) is 19.8. The molecule has 0 spiro atoms. The van der Waals surface area contributed by atoms with Crippen LogP contribution in [0, 0.1) is 5.92 Å². The van der Waals surface area contributed by atoms with Gasteiger partial charge in [0.25, 0.3) is 5.88 Å². The van der Waals surface area contributed by atoms with Crippen LogP contribution in [0.15, 0.2) is 18.5 Å². The molecular formula is C16H22F3N5O2. The molecule has 2 heterocycles. The van der Waals surface area contributed by atoms with Gasteiger partial charge in [0, 0.05) is 13.2 Å². The second-order valence-corrected chi connectivity index (χ2v) is 6.43. The highest BCUT2D eigenvalue weighted by Crippen LogP contribution is 2.28. The van der Waals surface area contributed by atoms with Crippen LogP contribution in [0.4, 0.5) is 18.9 Å². The molecule has 0 aliphatic rings. The summed E-state index contributed by atoms with van der Waals surface area (Å²) in [6, 6.07) is -0.117. The minimum atomic E-state index is -4.56. The molecule has 2 aromatic heterocycles. The van der Waals surface area contributed by atoms with Gasteiger partial charge in [0.2, 0.25) is 5.91 Å². The number of ether oxygens (including phenoxy) is 1. The van der Waals surface area contributed by atoms with Gasteiger partial charge in [-0.15, -0.1) is 5.10 Å². The molecule has 0 saturated heterocycles. The SMILES string of the molecule is CC(C)C(C)Oc1nn(C)cc1NC(=O)C(C)n1ccc(C(F)(F)F)n1. The van der Waals surface area contributed by atoms with Crippen molar-refractivity contribution in [2.75, 3.05) is 5.32 Å². The number of anilines is 1. The van der Waals surface area contributed by atoms with E-state index in [0.29, 0.717) is 5.69 Å². The largest absolute Gasteiger partial charge is 0.472 e. The fraction of sp³-hybridized carbons (Fsp3) is 0.562. The van der Waals surface area contributed by atoms with E-state index in [2.05, 4.69) is 15.5 Å². The fourth-order valence-electron chi connectivity index (χ4n) is 2.02. The zero-order valence-corrected chi connectivity index (χ0v) is 15.2. The molecule has 2 unspecified atom stereocenters. The molecule has 26 heavy (non-hydrogen) atoms. The summed E-state index contributed by atoms with van der Waals surface area (Å²) >= 11 is 0. The molecule has 2 atom stereocenters. The molecule has 1 amide bonds. The van der Waals surface area contributed by atoms with Crippen LogP contribution in [0.5, 0.6) is 5.88 Å². The molecule has 0 saturated carbocycles. The van der Waals surface area contributed by atoms with Crippen LogP contribution in [0.3, 0.4) is 0 Å². The molecule has 0 bridgehead atoms. The zero-order valence-electron chi connectivity index (χ0n) is 15.2. The first-order valence-corrected chi connectivity index (χ1v) is 8.12. The number of nitrogens with zero attached hydrogens (tertiary/aromatic N) is 4. The molecule has 7 nitrogen and oxygen atoms in total.